The van der Waals surface area contributed by atoms with Crippen LogP contribution in [0.2, 0.25) is 0 Å². The predicted octanol–water partition coefficient (Wildman–Crippen LogP) is 11.0. The SMILES string of the molecule is Cc1ccc(C(=O)N2CCn3nc(OCc4ccccc4)cc3C2)cn1.O=C(COCc1ccccc1)N1CCn2nc(OCc3ccccc3)cc2C1.O=C(c1ccccn1)N1CCn2nc(OCc3ccccc3)cc2C1.O=C(c1ncccc1F)N1CCn2nc(OCc3ccccc3)cc2C1. The molecule has 534 valence electrons. The van der Waals surface area contributed by atoms with E-state index in [-0.39, 0.29) is 30.0 Å². The van der Waals surface area contributed by atoms with Gasteiger partial charge in [-0.1, -0.05) is 158 Å². The van der Waals surface area contributed by atoms with E-state index in [2.05, 4.69) is 35.3 Å². The van der Waals surface area contributed by atoms with E-state index in [0.29, 0.717) is 146 Å². The van der Waals surface area contributed by atoms with Gasteiger partial charge in [0.15, 0.2) is 11.5 Å². The highest BCUT2D eigenvalue weighted by molar-refractivity contribution is 5.94. The van der Waals surface area contributed by atoms with Crippen molar-refractivity contribution >= 4 is 23.6 Å². The van der Waals surface area contributed by atoms with Crippen molar-refractivity contribution in [2.24, 2.45) is 0 Å². The van der Waals surface area contributed by atoms with E-state index in [1.54, 1.807) is 34.3 Å². The number of rotatable bonds is 19. The number of aromatic nitrogens is 11. The van der Waals surface area contributed by atoms with Crippen molar-refractivity contribution < 1.29 is 47.3 Å². The van der Waals surface area contributed by atoms with Crippen molar-refractivity contribution in [3.8, 4) is 23.5 Å². The fourth-order valence-corrected chi connectivity index (χ4v) is 11.9. The molecule has 5 aromatic carbocycles. The highest BCUT2D eigenvalue weighted by Crippen LogP contribution is 2.26. The van der Waals surface area contributed by atoms with Gasteiger partial charge in [-0.25, -0.2) is 9.37 Å². The van der Waals surface area contributed by atoms with Gasteiger partial charge in [0, 0.05) is 74.7 Å². The van der Waals surface area contributed by atoms with Crippen LogP contribution in [-0.4, -0.2) is 130 Å². The number of aryl methyl sites for hydroxylation is 1. The minimum absolute atomic E-state index is 0.00305. The van der Waals surface area contributed by atoms with Crippen LogP contribution in [-0.2, 0) is 94.9 Å². The highest BCUT2D eigenvalue weighted by Gasteiger charge is 2.29. The summed E-state index contributed by atoms with van der Waals surface area (Å²) in [5.74, 6) is 1.20. The number of nitrogens with zero attached hydrogens (tertiary/aromatic N) is 15. The molecule has 0 bridgehead atoms. The Hall–Kier alpha value is -12.6. The molecule has 4 aliphatic heterocycles. The molecule has 11 heterocycles. The van der Waals surface area contributed by atoms with E-state index in [0.717, 1.165) is 56.3 Å². The van der Waals surface area contributed by atoms with Crippen molar-refractivity contribution in [3.63, 3.8) is 0 Å². The van der Waals surface area contributed by atoms with Gasteiger partial charge >= 0.3 is 0 Å². The summed E-state index contributed by atoms with van der Waals surface area (Å²) < 4.78 is 50.0. The van der Waals surface area contributed by atoms with Crippen molar-refractivity contribution in [1.29, 1.82) is 0 Å². The van der Waals surface area contributed by atoms with Gasteiger partial charge in [-0.3, -0.25) is 47.9 Å². The number of benzene rings is 5. The number of halogens is 1. The Balaban J connectivity index is 0.000000124. The van der Waals surface area contributed by atoms with Gasteiger partial charge in [-0.15, -0.1) is 20.4 Å². The third-order valence-corrected chi connectivity index (χ3v) is 17.6. The molecular weight excluding hydrogens is 1330 g/mol. The van der Waals surface area contributed by atoms with Crippen LogP contribution < -0.4 is 18.9 Å². The van der Waals surface area contributed by atoms with Gasteiger partial charge in [-0.2, -0.15) is 0 Å². The molecule has 105 heavy (non-hydrogen) atoms. The lowest BCUT2D eigenvalue weighted by Gasteiger charge is -2.27. The summed E-state index contributed by atoms with van der Waals surface area (Å²) >= 11 is 0. The maximum absolute atomic E-state index is 13.8. The molecule has 25 heteroatoms. The summed E-state index contributed by atoms with van der Waals surface area (Å²) in [6, 6.07) is 69.0. The van der Waals surface area contributed by atoms with Crippen molar-refractivity contribution in [3.05, 3.63) is 316 Å². The number of pyridine rings is 3. The Bertz CT molecular complexity index is 4820. The zero-order valence-corrected chi connectivity index (χ0v) is 58.0. The molecule has 0 spiro atoms. The lowest BCUT2D eigenvalue weighted by atomic mass is 10.2. The van der Waals surface area contributed by atoms with Gasteiger partial charge < -0.3 is 43.3 Å². The third kappa shape index (κ3) is 19.3. The third-order valence-electron chi connectivity index (χ3n) is 17.6. The summed E-state index contributed by atoms with van der Waals surface area (Å²) in [5.41, 5.74) is 11.0. The Morgan fingerprint density at radius 3 is 1.13 bits per heavy atom. The largest absolute Gasteiger partial charge is 0.472 e. The molecule has 16 rings (SSSR count). The average Bonchev–Trinajstić information content (AvgIpc) is 1.75. The van der Waals surface area contributed by atoms with Crippen LogP contribution in [0.3, 0.4) is 0 Å². The van der Waals surface area contributed by atoms with Gasteiger partial charge in [0.25, 0.3) is 17.7 Å². The van der Waals surface area contributed by atoms with E-state index < -0.39 is 11.7 Å². The summed E-state index contributed by atoms with van der Waals surface area (Å²) in [6.45, 7) is 11.0. The molecular formula is C80H78FN15O9. The molecule has 4 aliphatic rings. The first kappa shape index (κ1) is 70.8. The number of hydrogen-bond acceptors (Lipinski definition) is 16. The Labute approximate surface area is 606 Å². The molecule has 0 radical (unpaired) electrons. The standard InChI is InChI=1S/C22H23N3O3.C20H20N4O2.C19H17FN4O2.C19H18N4O2/c26-22(17-27-15-18-7-3-1-4-8-18)24-11-12-25-20(14-24)13-21(23-25)28-16-19-9-5-2-6-10-19;1-15-7-8-17(12-21-15)20(25)23-9-10-24-18(13-23)11-19(22-24)26-14-16-5-3-2-4-6-16;20-16-7-4-8-21-18(16)19(25)23-9-10-24-15(12-23)11-17(22-24)26-13-14-5-2-1-3-6-14;24-19(17-8-4-5-9-20-17)22-10-11-23-16(13-22)12-18(21-23)25-14-15-6-2-1-3-7-15/h1-10,13H,11-12,14-17H2;2-8,11-12H,9-10,13-14H2,1H3;1-8,11H,9-10,12-13H2;1-9,12H,10-11,13-14H2. The summed E-state index contributed by atoms with van der Waals surface area (Å²) in [4.78, 5) is 69.4. The molecule has 0 unspecified atom stereocenters. The first-order valence-corrected chi connectivity index (χ1v) is 34.6. The first-order chi connectivity index (χ1) is 51.5. The zero-order valence-electron chi connectivity index (χ0n) is 58.0. The van der Waals surface area contributed by atoms with Crippen LogP contribution >= 0.6 is 0 Å². The predicted molar refractivity (Wildman–Crippen MR) is 385 cm³/mol. The smallest absolute Gasteiger partial charge is 0.275 e. The Morgan fingerprint density at radius 1 is 0.371 bits per heavy atom. The molecule has 0 atom stereocenters. The van der Waals surface area contributed by atoms with E-state index in [1.165, 1.54) is 18.3 Å². The molecule has 7 aromatic heterocycles. The molecule has 0 fully saturated rings. The van der Waals surface area contributed by atoms with Crippen LogP contribution in [0.5, 0.6) is 23.5 Å². The quantitative estimate of drug-likeness (QED) is 0.0731. The second kappa shape index (κ2) is 34.8. The summed E-state index contributed by atoms with van der Waals surface area (Å²) in [6.07, 6.45) is 4.69. The second-order valence-corrected chi connectivity index (χ2v) is 25.1. The normalized spacial score (nSPS) is 13.3. The zero-order chi connectivity index (χ0) is 72.1. The number of carbonyl (C=O) groups excluding carboxylic acids is 4. The minimum atomic E-state index is -0.608. The molecule has 0 saturated carbocycles. The summed E-state index contributed by atoms with van der Waals surface area (Å²) in [7, 11) is 0. The van der Waals surface area contributed by atoms with Gasteiger partial charge in [0.2, 0.25) is 29.4 Å². The number of amides is 4. The highest BCUT2D eigenvalue weighted by atomic mass is 19.1. The molecule has 24 nitrogen and oxygen atoms in total. The van der Waals surface area contributed by atoms with Crippen LogP contribution in [0.1, 0.15) is 87.6 Å². The van der Waals surface area contributed by atoms with Crippen molar-refractivity contribution in [1.82, 2.24) is 73.7 Å². The van der Waals surface area contributed by atoms with Gasteiger partial charge in [0.1, 0.15) is 38.7 Å². The second-order valence-electron chi connectivity index (χ2n) is 25.1. The molecule has 4 amide bonds. The molecule has 0 saturated heterocycles. The maximum atomic E-state index is 13.8. The number of carbonyl (C=O) groups is 4. The summed E-state index contributed by atoms with van der Waals surface area (Å²) in [5, 5.41) is 17.9. The van der Waals surface area contributed by atoms with Crippen LogP contribution in [0.4, 0.5) is 4.39 Å². The number of hydrogen-bond donors (Lipinski definition) is 0. The number of ether oxygens (including phenoxy) is 5. The molecule has 0 aliphatic carbocycles. The van der Waals surface area contributed by atoms with Gasteiger partial charge in [0.05, 0.1) is 87.3 Å². The lowest BCUT2D eigenvalue weighted by molar-refractivity contribution is -0.138. The maximum Gasteiger partial charge on any atom is 0.275 e. The Kier molecular flexibility index (Phi) is 23.5. The topological polar surface area (TPSA) is 237 Å². The van der Waals surface area contributed by atoms with E-state index in [1.807, 2.05) is 230 Å². The van der Waals surface area contributed by atoms with E-state index in [9.17, 15) is 23.6 Å². The minimum Gasteiger partial charge on any atom is -0.472 e. The van der Waals surface area contributed by atoms with E-state index >= 15 is 0 Å². The average molecular weight is 1410 g/mol. The molecule has 0 N–H and O–H groups in total. The first-order valence-electron chi connectivity index (χ1n) is 34.6. The van der Waals surface area contributed by atoms with Crippen molar-refractivity contribution in [2.45, 2.75) is 92.3 Å². The van der Waals surface area contributed by atoms with Gasteiger partial charge in [-0.05, 0) is 71.1 Å². The van der Waals surface area contributed by atoms with Crippen molar-refractivity contribution in [2.75, 3.05) is 32.8 Å². The number of fused-ring (bicyclic) bond motifs is 4. The van der Waals surface area contributed by atoms with Crippen LogP contribution in [0, 0.1) is 12.7 Å². The van der Waals surface area contributed by atoms with Crippen LogP contribution in [0.25, 0.3) is 0 Å². The van der Waals surface area contributed by atoms with E-state index in [4.69, 9.17) is 23.7 Å². The fourth-order valence-electron chi connectivity index (χ4n) is 11.9. The lowest BCUT2D eigenvalue weighted by Crippen LogP contribution is -2.40. The monoisotopic (exact) mass is 1410 g/mol. The van der Waals surface area contributed by atoms with Crippen LogP contribution in [0.15, 0.2) is 237 Å². The molecule has 12 aromatic rings. The fraction of sp³-hybridized carbons (Fsp3) is 0.237. The Morgan fingerprint density at radius 2 is 0.743 bits per heavy atom.